The first-order valence-corrected chi connectivity index (χ1v) is 6.99. The third-order valence-electron chi connectivity index (χ3n) is 2.20. The predicted molar refractivity (Wildman–Crippen MR) is 72.0 cm³/mol. The fourth-order valence-electron chi connectivity index (χ4n) is 1.28. The SMILES string of the molecule is Cc1cc(-c2nnc(CNC(C)C)o2)sc1Br. The second-order valence-corrected chi connectivity index (χ2v) is 6.47. The molecule has 0 amide bonds. The van der Waals surface area contributed by atoms with Crippen LogP contribution < -0.4 is 5.32 Å². The maximum absolute atomic E-state index is 5.59. The number of aromatic nitrogens is 2. The smallest absolute Gasteiger partial charge is 0.257 e. The van der Waals surface area contributed by atoms with Crippen LogP contribution in [-0.4, -0.2) is 16.2 Å². The quantitative estimate of drug-likeness (QED) is 0.939. The first kappa shape index (κ1) is 12.7. The molecule has 2 aromatic heterocycles. The summed E-state index contributed by atoms with van der Waals surface area (Å²) in [5.74, 6) is 1.21. The molecule has 0 aliphatic carbocycles. The van der Waals surface area contributed by atoms with Gasteiger partial charge >= 0.3 is 0 Å². The maximum atomic E-state index is 5.59. The van der Waals surface area contributed by atoms with Crippen LogP contribution in [0.4, 0.5) is 0 Å². The van der Waals surface area contributed by atoms with Crippen molar-refractivity contribution in [3.63, 3.8) is 0 Å². The van der Waals surface area contributed by atoms with Crippen LogP contribution in [0.15, 0.2) is 14.3 Å². The van der Waals surface area contributed by atoms with E-state index in [1.807, 2.05) is 13.0 Å². The minimum absolute atomic E-state index is 0.406. The van der Waals surface area contributed by atoms with Crippen molar-refractivity contribution in [3.8, 4) is 10.8 Å². The van der Waals surface area contributed by atoms with Gasteiger partial charge in [0.2, 0.25) is 5.89 Å². The van der Waals surface area contributed by atoms with Crippen LogP contribution >= 0.6 is 27.3 Å². The number of thiophene rings is 1. The van der Waals surface area contributed by atoms with Gasteiger partial charge in [-0.25, -0.2) is 0 Å². The Morgan fingerprint density at radius 3 is 2.82 bits per heavy atom. The first-order valence-electron chi connectivity index (χ1n) is 5.38. The number of nitrogens with zero attached hydrogens (tertiary/aromatic N) is 2. The maximum Gasteiger partial charge on any atom is 0.257 e. The molecule has 0 saturated carbocycles. The molecule has 0 aliphatic rings. The van der Waals surface area contributed by atoms with Crippen molar-refractivity contribution in [3.05, 3.63) is 21.3 Å². The Hall–Kier alpha value is -0.720. The lowest BCUT2D eigenvalue weighted by atomic mass is 10.3. The average molecular weight is 316 g/mol. The van der Waals surface area contributed by atoms with Gasteiger partial charge in [-0.15, -0.1) is 21.5 Å². The number of aryl methyl sites for hydroxylation is 1. The molecule has 6 heteroatoms. The molecular weight excluding hydrogens is 302 g/mol. The molecule has 0 aliphatic heterocycles. The van der Waals surface area contributed by atoms with Crippen LogP contribution in [0.5, 0.6) is 0 Å². The zero-order valence-electron chi connectivity index (χ0n) is 9.95. The van der Waals surface area contributed by atoms with Crippen molar-refractivity contribution >= 4 is 27.3 Å². The Morgan fingerprint density at radius 2 is 2.24 bits per heavy atom. The Morgan fingerprint density at radius 1 is 1.47 bits per heavy atom. The Labute approximate surface area is 113 Å². The van der Waals surface area contributed by atoms with Gasteiger partial charge in [0.15, 0.2) is 0 Å². The van der Waals surface area contributed by atoms with E-state index >= 15 is 0 Å². The Balaban J connectivity index is 2.12. The highest BCUT2D eigenvalue weighted by atomic mass is 79.9. The normalized spacial score (nSPS) is 11.4. The minimum Gasteiger partial charge on any atom is -0.419 e. The second-order valence-electron chi connectivity index (χ2n) is 4.10. The zero-order valence-corrected chi connectivity index (χ0v) is 12.4. The van der Waals surface area contributed by atoms with Crippen LogP contribution in [0.25, 0.3) is 10.8 Å². The van der Waals surface area contributed by atoms with Crippen LogP contribution in [0, 0.1) is 6.92 Å². The molecule has 0 fully saturated rings. The van der Waals surface area contributed by atoms with Crippen molar-refractivity contribution < 1.29 is 4.42 Å². The summed E-state index contributed by atoms with van der Waals surface area (Å²) in [7, 11) is 0. The molecule has 0 spiro atoms. The third kappa shape index (κ3) is 3.14. The highest BCUT2D eigenvalue weighted by Gasteiger charge is 2.12. The highest BCUT2D eigenvalue weighted by molar-refractivity contribution is 9.11. The highest BCUT2D eigenvalue weighted by Crippen LogP contribution is 2.33. The van der Waals surface area contributed by atoms with Gasteiger partial charge < -0.3 is 9.73 Å². The fraction of sp³-hybridized carbons (Fsp3) is 0.455. The van der Waals surface area contributed by atoms with Crippen LogP contribution in [0.3, 0.4) is 0 Å². The second kappa shape index (κ2) is 5.29. The van der Waals surface area contributed by atoms with E-state index in [-0.39, 0.29) is 0 Å². The van der Waals surface area contributed by atoms with Crippen molar-refractivity contribution in [1.29, 1.82) is 0 Å². The van der Waals surface area contributed by atoms with Gasteiger partial charge in [-0.2, -0.15) is 0 Å². The summed E-state index contributed by atoms with van der Waals surface area (Å²) in [4.78, 5) is 0.998. The topological polar surface area (TPSA) is 51.0 Å². The van der Waals surface area contributed by atoms with E-state index in [2.05, 4.69) is 45.3 Å². The van der Waals surface area contributed by atoms with E-state index in [1.165, 1.54) is 5.56 Å². The number of halogens is 1. The zero-order chi connectivity index (χ0) is 12.4. The molecule has 4 nitrogen and oxygen atoms in total. The lowest BCUT2D eigenvalue weighted by Gasteiger charge is -2.03. The summed E-state index contributed by atoms with van der Waals surface area (Å²) < 4.78 is 6.70. The number of hydrogen-bond donors (Lipinski definition) is 1. The number of hydrogen-bond acceptors (Lipinski definition) is 5. The monoisotopic (exact) mass is 315 g/mol. The van der Waals surface area contributed by atoms with E-state index < -0.39 is 0 Å². The fourth-order valence-corrected chi connectivity index (χ4v) is 2.74. The van der Waals surface area contributed by atoms with Gasteiger partial charge in [-0.1, -0.05) is 13.8 Å². The third-order valence-corrected chi connectivity index (χ3v) is 4.32. The molecule has 1 N–H and O–H groups in total. The summed E-state index contributed by atoms with van der Waals surface area (Å²) in [6.45, 7) is 6.81. The minimum atomic E-state index is 0.406. The largest absolute Gasteiger partial charge is 0.419 e. The van der Waals surface area contributed by atoms with Crippen LogP contribution in [0.1, 0.15) is 25.3 Å². The van der Waals surface area contributed by atoms with E-state index in [1.54, 1.807) is 11.3 Å². The standard InChI is InChI=1S/C11H14BrN3OS/c1-6(2)13-5-9-14-15-11(16-9)8-4-7(3)10(12)17-8/h4,6,13H,5H2,1-3H3. The summed E-state index contributed by atoms with van der Waals surface area (Å²) in [5, 5.41) is 11.3. The molecule has 2 rings (SSSR count). The molecule has 0 radical (unpaired) electrons. The Kier molecular flexibility index (Phi) is 3.96. The van der Waals surface area contributed by atoms with Gasteiger partial charge in [0, 0.05) is 6.04 Å². The molecule has 2 heterocycles. The average Bonchev–Trinajstić information content (AvgIpc) is 2.84. The summed E-state index contributed by atoms with van der Waals surface area (Å²) >= 11 is 5.09. The van der Waals surface area contributed by atoms with Crippen molar-refractivity contribution in [2.75, 3.05) is 0 Å². The van der Waals surface area contributed by atoms with E-state index in [4.69, 9.17) is 4.42 Å². The molecule has 0 aromatic carbocycles. The first-order chi connectivity index (χ1) is 8.06. The van der Waals surface area contributed by atoms with Crippen LogP contribution in [0.2, 0.25) is 0 Å². The van der Waals surface area contributed by atoms with E-state index in [9.17, 15) is 0 Å². The molecule has 0 atom stereocenters. The van der Waals surface area contributed by atoms with Crippen molar-refractivity contribution in [2.45, 2.75) is 33.4 Å². The predicted octanol–water partition coefficient (Wildman–Crippen LogP) is 3.37. The summed E-state index contributed by atoms with van der Waals surface area (Å²) in [6, 6.07) is 2.45. The lowest BCUT2D eigenvalue weighted by Crippen LogP contribution is -2.21. The van der Waals surface area contributed by atoms with Crippen molar-refractivity contribution in [1.82, 2.24) is 15.5 Å². The number of rotatable bonds is 4. The molecule has 17 heavy (non-hydrogen) atoms. The number of nitrogens with one attached hydrogen (secondary N) is 1. The molecule has 0 saturated heterocycles. The summed E-state index contributed by atoms with van der Waals surface area (Å²) in [5.41, 5.74) is 1.19. The summed E-state index contributed by atoms with van der Waals surface area (Å²) in [6.07, 6.45) is 0. The molecular formula is C11H14BrN3OS. The van der Waals surface area contributed by atoms with E-state index in [0.717, 1.165) is 8.66 Å². The van der Waals surface area contributed by atoms with Gasteiger partial charge in [-0.05, 0) is 34.5 Å². The molecule has 0 unspecified atom stereocenters. The molecule has 92 valence electrons. The van der Waals surface area contributed by atoms with E-state index in [0.29, 0.717) is 24.4 Å². The van der Waals surface area contributed by atoms with Crippen LogP contribution in [-0.2, 0) is 6.54 Å². The lowest BCUT2D eigenvalue weighted by molar-refractivity contribution is 0.459. The Bertz CT molecular complexity index is 487. The molecule has 0 bridgehead atoms. The van der Waals surface area contributed by atoms with Gasteiger partial charge in [0.05, 0.1) is 15.2 Å². The van der Waals surface area contributed by atoms with Crippen molar-refractivity contribution in [2.24, 2.45) is 0 Å². The van der Waals surface area contributed by atoms with Gasteiger partial charge in [0.25, 0.3) is 5.89 Å². The van der Waals surface area contributed by atoms with Gasteiger partial charge in [0.1, 0.15) is 0 Å². The molecule has 2 aromatic rings. The van der Waals surface area contributed by atoms with Gasteiger partial charge in [-0.3, -0.25) is 0 Å².